The molecule has 3 unspecified atom stereocenters. The first-order valence-electron chi connectivity index (χ1n) is 8.71. The summed E-state index contributed by atoms with van der Waals surface area (Å²) in [5.74, 6) is 0.559. The van der Waals surface area contributed by atoms with Crippen LogP contribution in [-0.2, 0) is 10.2 Å². The standard InChI is InChI=1S/C19H26Cl2O2.ClH/c1-23-15-5-2-4-13(10-15)11-18(22)19(8-3-9-19)14-6-7-16(20)17(21)12-14;/h6-7,12-13,15,18,22H,2-5,8-11H2,1H3;1H/p-1. The van der Waals surface area contributed by atoms with Gasteiger partial charge in [0.2, 0.25) is 0 Å². The van der Waals surface area contributed by atoms with E-state index in [4.69, 9.17) is 27.9 Å². The SMILES string of the molecule is COC1CCCC(CC(O)C2(c3ccc(Cl)c(Cl)c3)CCC2)C1.[Cl-]. The zero-order chi connectivity index (χ0) is 16.4. The second-order valence-electron chi connectivity index (χ2n) is 7.28. The van der Waals surface area contributed by atoms with Crippen molar-refractivity contribution in [1.29, 1.82) is 0 Å². The van der Waals surface area contributed by atoms with Gasteiger partial charge in [0.15, 0.2) is 0 Å². The van der Waals surface area contributed by atoms with Crippen molar-refractivity contribution in [3.63, 3.8) is 0 Å². The van der Waals surface area contributed by atoms with Crippen LogP contribution in [0, 0.1) is 5.92 Å². The van der Waals surface area contributed by atoms with E-state index in [0.29, 0.717) is 22.1 Å². The van der Waals surface area contributed by atoms with Crippen LogP contribution in [0.3, 0.4) is 0 Å². The number of hydrogen-bond acceptors (Lipinski definition) is 2. The van der Waals surface area contributed by atoms with E-state index in [9.17, 15) is 5.11 Å². The normalized spacial score (nSPS) is 27.0. The summed E-state index contributed by atoms with van der Waals surface area (Å²) in [6.07, 6.45) is 8.79. The first kappa shape index (κ1) is 20.3. The molecule has 24 heavy (non-hydrogen) atoms. The summed E-state index contributed by atoms with van der Waals surface area (Å²) in [7, 11) is 1.80. The monoisotopic (exact) mass is 391 g/mol. The maximum absolute atomic E-state index is 11.0. The van der Waals surface area contributed by atoms with E-state index in [1.54, 1.807) is 7.11 Å². The minimum atomic E-state index is -0.311. The van der Waals surface area contributed by atoms with E-state index < -0.39 is 0 Å². The second-order valence-corrected chi connectivity index (χ2v) is 8.09. The fourth-order valence-electron chi connectivity index (χ4n) is 4.39. The number of halogens is 3. The highest BCUT2D eigenvalue weighted by molar-refractivity contribution is 6.42. The predicted molar refractivity (Wildman–Crippen MR) is 95.4 cm³/mol. The number of aliphatic hydroxyl groups excluding tert-OH is 1. The molecule has 5 heteroatoms. The van der Waals surface area contributed by atoms with Crippen molar-refractivity contribution in [2.24, 2.45) is 5.92 Å². The molecule has 0 aliphatic heterocycles. The Kier molecular flexibility index (Phi) is 7.28. The van der Waals surface area contributed by atoms with Crippen molar-refractivity contribution in [3.8, 4) is 0 Å². The van der Waals surface area contributed by atoms with E-state index in [2.05, 4.69) is 0 Å². The van der Waals surface area contributed by atoms with Crippen LogP contribution >= 0.6 is 23.2 Å². The molecule has 0 radical (unpaired) electrons. The summed E-state index contributed by atoms with van der Waals surface area (Å²) in [5, 5.41) is 12.2. The van der Waals surface area contributed by atoms with Gasteiger partial charge in [0.05, 0.1) is 22.3 Å². The maximum Gasteiger partial charge on any atom is 0.0639 e. The van der Waals surface area contributed by atoms with E-state index in [1.807, 2.05) is 18.2 Å². The highest BCUT2D eigenvalue weighted by Gasteiger charge is 2.45. The van der Waals surface area contributed by atoms with Gasteiger partial charge < -0.3 is 22.3 Å². The first-order chi connectivity index (χ1) is 11.0. The molecular formula is C19H26Cl3O2-. The van der Waals surface area contributed by atoms with Gasteiger partial charge in [0, 0.05) is 12.5 Å². The van der Waals surface area contributed by atoms with Crippen molar-refractivity contribution in [2.45, 2.75) is 69.0 Å². The molecule has 2 aliphatic carbocycles. The number of benzene rings is 1. The summed E-state index contributed by atoms with van der Waals surface area (Å²) in [5.41, 5.74) is 1.01. The topological polar surface area (TPSA) is 29.5 Å². The van der Waals surface area contributed by atoms with Gasteiger partial charge >= 0.3 is 0 Å². The molecule has 0 bridgehead atoms. The molecule has 2 aliphatic rings. The molecule has 136 valence electrons. The zero-order valence-corrected chi connectivity index (χ0v) is 16.4. The van der Waals surface area contributed by atoms with Crippen molar-refractivity contribution in [1.82, 2.24) is 0 Å². The smallest absolute Gasteiger partial charge is 0.0639 e. The third kappa shape index (κ3) is 4.04. The van der Waals surface area contributed by atoms with Crippen LogP contribution < -0.4 is 12.4 Å². The number of rotatable bonds is 5. The highest BCUT2D eigenvalue weighted by atomic mass is 35.5. The van der Waals surface area contributed by atoms with Crippen molar-refractivity contribution < 1.29 is 22.3 Å². The second kappa shape index (κ2) is 8.60. The van der Waals surface area contributed by atoms with Crippen molar-refractivity contribution in [3.05, 3.63) is 33.8 Å². The minimum Gasteiger partial charge on any atom is -1.00 e. The van der Waals surface area contributed by atoms with Crippen molar-refractivity contribution >= 4 is 23.2 Å². The number of aliphatic hydroxyl groups is 1. The van der Waals surface area contributed by atoms with Crippen LogP contribution in [0.15, 0.2) is 18.2 Å². The lowest BCUT2D eigenvalue weighted by atomic mass is 9.59. The summed E-state index contributed by atoms with van der Waals surface area (Å²) in [6.45, 7) is 0. The molecule has 2 fully saturated rings. The predicted octanol–water partition coefficient (Wildman–Crippen LogP) is 2.38. The molecule has 1 aromatic rings. The Hall–Kier alpha value is 0.01000. The van der Waals surface area contributed by atoms with Crippen LogP contribution in [0.5, 0.6) is 0 Å². The first-order valence-corrected chi connectivity index (χ1v) is 9.47. The fraction of sp³-hybridized carbons (Fsp3) is 0.684. The lowest BCUT2D eigenvalue weighted by Crippen LogP contribution is -3.00. The van der Waals surface area contributed by atoms with Gasteiger partial charge in [-0.2, -0.15) is 0 Å². The van der Waals surface area contributed by atoms with Gasteiger partial charge in [0.1, 0.15) is 0 Å². The fourth-order valence-corrected chi connectivity index (χ4v) is 4.69. The maximum atomic E-state index is 11.0. The van der Waals surface area contributed by atoms with E-state index in [0.717, 1.165) is 37.7 Å². The number of hydrogen-bond donors (Lipinski definition) is 1. The van der Waals surface area contributed by atoms with Crippen LogP contribution in [0.25, 0.3) is 0 Å². The molecule has 0 spiro atoms. The molecule has 3 rings (SSSR count). The average Bonchev–Trinajstić information content (AvgIpc) is 2.50. The van der Waals surface area contributed by atoms with Crippen LogP contribution in [0.4, 0.5) is 0 Å². The van der Waals surface area contributed by atoms with Gasteiger partial charge in [-0.05, 0) is 55.7 Å². The zero-order valence-electron chi connectivity index (χ0n) is 14.1. The molecular weight excluding hydrogens is 367 g/mol. The molecule has 0 heterocycles. The Morgan fingerprint density at radius 1 is 1.21 bits per heavy atom. The number of methoxy groups -OCH3 is 1. The Morgan fingerprint density at radius 2 is 1.96 bits per heavy atom. The van der Waals surface area contributed by atoms with Gasteiger partial charge in [-0.25, -0.2) is 0 Å². The van der Waals surface area contributed by atoms with Crippen LogP contribution in [0.2, 0.25) is 10.0 Å². The van der Waals surface area contributed by atoms with Gasteiger partial charge in [-0.15, -0.1) is 0 Å². The molecule has 2 nitrogen and oxygen atoms in total. The Morgan fingerprint density at radius 3 is 2.54 bits per heavy atom. The van der Waals surface area contributed by atoms with E-state index in [-0.39, 0.29) is 23.9 Å². The van der Waals surface area contributed by atoms with Crippen LogP contribution in [-0.4, -0.2) is 24.4 Å². The Bertz CT molecular complexity index is 545. The molecule has 0 saturated heterocycles. The molecule has 0 amide bonds. The third-order valence-electron chi connectivity index (χ3n) is 6.00. The van der Waals surface area contributed by atoms with Gasteiger partial charge in [0.25, 0.3) is 0 Å². The van der Waals surface area contributed by atoms with E-state index in [1.165, 1.54) is 19.3 Å². The molecule has 1 N–H and O–H groups in total. The summed E-state index contributed by atoms with van der Waals surface area (Å²) in [6, 6.07) is 5.84. The highest BCUT2D eigenvalue weighted by Crippen LogP contribution is 2.49. The largest absolute Gasteiger partial charge is 1.00 e. The van der Waals surface area contributed by atoms with E-state index >= 15 is 0 Å². The average molecular weight is 393 g/mol. The number of ether oxygens (including phenoxy) is 1. The quantitative estimate of drug-likeness (QED) is 0.833. The minimum absolute atomic E-state index is 0. The van der Waals surface area contributed by atoms with Gasteiger partial charge in [-0.1, -0.05) is 48.5 Å². The summed E-state index contributed by atoms with van der Waals surface area (Å²) in [4.78, 5) is 0. The molecule has 2 saturated carbocycles. The van der Waals surface area contributed by atoms with Gasteiger partial charge in [-0.3, -0.25) is 0 Å². The third-order valence-corrected chi connectivity index (χ3v) is 6.74. The summed E-state index contributed by atoms with van der Waals surface area (Å²) >= 11 is 12.3. The summed E-state index contributed by atoms with van der Waals surface area (Å²) < 4.78 is 5.53. The lowest BCUT2D eigenvalue weighted by Gasteiger charge is -2.47. The lowest BCUT2D eigenvalue weighted by molar-refractivity contribution is -0.00950. The van der Waals surface area contributed by atoms with Crippen molar-refractivity contribution in [2.75, 3.05) is 7.11 Å². The van der Waals surface area contributed by atoms with Crippen LogP contribution in [0.1, 0.15) is 56.9 Å². The Balaban J connectivity index is 0.00000208. The molecule has 0 aromatic heterocycles. The Labute approximate surface area is 161 Å². The molecule has 3 atom stereocenters. The molecule has 1 aromatic carbocycles.